The summed E-state index contributed by atoms with van der Waals surface area (Å²) in [6.07, 6.45) is 10.5. The second-order valence-electron chi connectivity index (χ2n) is 6.83. The molecule has 0 aliphatic heterocycles. The SMILES string of the molecule is CC1=CCC(/C(C)=C/CN(C(=O)C2CC2)C(C)C)CC1. The van der Waals surface area contributed by atoms with E-state index in [1.165, 1.54) is 30.4 Å². The molecule has 2 nitrogen and oxygen atoms in total. The van der Waals surface area contributed by atoms with Gasteiger partial charge in [0, 0.05) is 18.5 Å². The lowest BCUT2D eigenvalue weighted by molar-refractivity contribution is -0.133. The van der Waals surface area contributed by atoms with Crippen LogP contribution in [0.25, 0.3) is 0 Å². The summed E-state index contributed by atoms with van der Waals surface area (Å²) in [7, 11) is 0. The van der Waals surface area contributed by atoms with E-state index in [0.29, 0.717) is 23.8 Å². The van der Waals surface area contributed by atoms with Gasteiger partial charge in [-0.1, -0.05) is 23.3 Å². The summed E-state index contributed by atoms with van der Waals surface area (Å²) in [6.45, 7) is 9.49. The smallest absolute Gasteiger partial charge is 0.226 e. The molecule has 20 heavy (non-hydrogen) atoms. The molecular weight excluding hydrogens is 246 g/mol. The second-order valence-corrected chi connectivity index (χ2v) is 6.83. The van der Waals surface area contributed by atoms with Gasteiger partial charge in [-0.05, 0) is 65.7 Å². The number of nitrogens with zero attached hydrogens (tertiary/aromatic N) is 1. The van der Waals surface area contributed by atoms with Gasteiger partial charge in [-0.2, -0.15) is 0 Å². The molecule has 0 bridgehead atoms. The minimum atomic E-state index is 0.306. The van der Waals surface area contributed by atoms with Crippen LogP contribution >= 0.6 is 0 Å². The van der Waals surface area contributed by atoms with Crippen molar-refractivity contribution in [3.05, 3.63) is 23.3 Å². The van der Waals surface area contributed by atoms with Crippen molar-refractivity contribution in [1.29, 1.82) is 0 Å². The molecule has 2 aliphatic rings. The molecule has 1 atom stereocenters. The second kappa shape index (κ2) is 6.60. The molecule has 112 valence electrons. The Morgan fingerprint density at radius 2 is 2.05 bits per heavy atom. The number of carbonyl (C=O) groups excluding carboxylic acids is 1. The fourth-order valence-electron chi connectivity index (χ4n) is 2.91. The van der Waals surface area contributed by atoms with Gasteiger partial charge in [0.2, 0.25) is 5.91 Å². The van der Waals surface area contributed by atoms with E-state index in [9.17, 15) is 4.79 Å². The van der Waals surface area contributed by atoms with E-state index >= 15 is 0 Å². The standard InChI is InChI=1S/C18H29NO/c1-13(2)19(18(20)17-9-10-17)12-11-15(4)16-7-5-14(3)6-8-16/h5,11,13,16-17H,6-10,12H2,1-4H3/b15-11+. The van der Waals surface area contributed by atoms with Crippen LogP contribution in [0.3, 0.4) is 0 Å². The first kappa shape index (κ1) is 15.3. The van der Waals surface area contributed by atoms with Crippen LogP contribution in [0.15, 0.2) is 23.3 Å². The molecule has 1 saturated carbocycles. The zero-order chi connectivity index (χ0) is 14.7. The van der Waals surface area contributed by atoms with Crippen LogP contribution in [-0.2, 0) is 4.79 Å². The Bertz CT molecular complexity index is 415. The normalized spacial score (nSPS) is 23.8. The first-order chi connectivity index (χ1) is 9.49. The Kier molecular flexibility index (Phi) is 5.06. The van der Waals surface area contributed by atoms with Crippen LogP contribution in [0, 0.1) is 11.8 Å². The molecule has 0 aromatic heterocycles. The third-order valence-corrected chi connectivity index (χ3v) is 4.72. The van der Waals surface area contributed by atoms with E-state index in [2.05, 4.69) is 39.8 Å². The lowest BCUT2D eigenvalue weighted by atomic mass is 9.85. The average Bonchev–Trinajstić information content (AvgIpc) is 3.23. The van der Waals surface area contributed by atoms with Crippen molar-refractivity contribution < 1.29 is 4.79 Å². The van der Waals surface area contributed by atoms with E-state index in [1.807, 2.05) is 4.90 Å². The molecule has 1 unspecified atom stereocenters. The van der Waals surface area contributed by atoms with Crippen LogP contribution in [0.4, 0.5) is 0 Å². The van der Waals surface area contributed by atoms with Gasteiger partial charge < -0.3 is 4.90 Å². The first-order valence-corrected chi connectivity index (χ1v) is 8.11. The van der Waals surface area contributed by atoms with Crippen LogP contribution in [0.1, 0.15) is 59.8 Å². The molecule has 0 aromatic carbocycles. The third-order valence-electron chi connectivity index (χ3n) is 4.72. The van der Waals surface area contributed by atoms with Gasteiger partial charge in [-0.25, -0.2) is 0 Å². The predicted molar refractivity (Wildman–Crippen MR) is 84.4 cm³/mol. The summed E-state index contributed by atoms with van der Waals surface area (Å²) in [4.78, 5) is 14.3. The molecule has 2 rings (SSSR count). The summed E-state index contributed by atoms with van der Waals surface area (Å²) >= 11 is 0. The highest BCUT2D eigenvalue weighted by atomic mass is 16.2. The van der Waals surface area contributed by atoms with Crippen molar-refractivity contribution in [2.45, 2.75) is 65.8 Å². The van der Waals surface area contributed by atoms with Crippen molar-refractivity contribution in [3.63, 3.8) is 0 Å². The number of rotatable bonds is 5. The zero-order valence-electron chi connectivity index (χ0n) is 13.5. The monoisotopic (exact) mass is 275 g/mol. The molecule has 0 radical (unpaired) electrons. The molecule has 2 heteroatoms. The highest BCUT2D eigenvalue weighted by Gasteiger charge is 2.33. The number of amides is 1. The van der Waals surface area contributed by atoms with Crippen LogP contribution < -0.4 is 0 Å². The third kappa shape index (κ3) is 3.97. The van der Waals surface area contributed by atoms with Crippen molar-refractivity contribution in [3.8, 4) is 0 Å². The minimum absolute atomic E-state index is 0.306. The van der Waals surface area contributed by atoms with Crippen LogP contribution in [0.5, 0.6) is 0 Å². The predicted octanol–water partition coefficient (Wildman–Crippen LogP) is 4.33. The lowest BCUT2D eigenvalue weighted by Crippen LogP contribution is -2.38. The zero-order valence-corrected chi connectivity index (χ0v) is 13.5. The van der Waals surface area contributed by atoms with E-state index in [4.69, 9.17) is 0 Å². The van der Waals surface area contributed by atoms with Gasteiger partial charge in [0.25, 0.3) is 0 Å². The maximum absolute atomic E-state index is 12.3. The Balaban J connectivity index is 1.93. The van der Waals surface area contributed by atoms with Crippen LogP contribution in [-0.4, -0.2) is 23.4 Å². The molecule has 2 aliphatic carbocycles. The molecular formula is C18H29NO. The van der Waals surface area contributed by atoms with Crippen molar-refractivity contribution in [2.75, 3.05) is 6.54 Å². The fraction of sp³-hybridized carbons (Fsp3) is 0.722. The molecule has 1 amide bonds. The lowest BCUT2D eigenvalue weighted by Gasteiger charge is -2.27. The van der Waals surface area contributed by atoms with E-state index < -0.39 is 0 Å². The number of hydrogen-bond acceptors (Lipinski definition) is 1. The van der Waals surface area contributed by atoms with E-state index in [-0.39, 0.29) is 0 Å². The van der Waals surface area contributed by atoms with E-state index in [1.54, 1.807) is 0 Å². The highest BCUT2D eigenvalue weighted by molar-refractivity contribution is 5.81. The minimum Gasteiger partial charge on any atom is -0.336 e. The van der Waals surface area contributed by atoms with Gasteiger partial charge in [0.1, 0.15) is 0 Å². The van der Waals surface area contributed by atoms with Crippen molar-refractivity contribution in [1.82, 2.24) is 4.90 Å². The average molecular weight is 275 g/mol. The van der Waals surface area contributed by atoms with Crippen molar-refractivity contribution in [2.24, 2.45) is 11.8 Å². The van der Waals surface area contributed by atoms with Crippen molar-refractivity contribution >= 4 is 5.91 Å². The number of carbonyl (C=O) groups is 1. The molecule has 0 N–H and O–H groups in total. The number of allylic oxidation sites excluding steroid dienone is 3. The Morgan fingerprint density at radius 1 is 1.35 bits per heavy atom. The summed E-state index contributed by atoms with van der Waals surface area (Å²) in [5.41, 5.74) is 2.99. The highest BCUT2D eigenvalue weighted by Crippen LogP contribution is 2.32. The maximum atomic E-state index is 12.3. The Hall–Kier alpha value is -1.05. The Morgan fingerprint density at radius 3 is 2.55 bits per heavy atom. The van der Waals surface area contributed by atoms with Gasteiger partial charge in [0.05, 0.1) is 0 Å². The molecule has 0 aromatic rings. The number of hydrogen-bond donors (Lipinski definition) is 0. The molecule has 1 fully saturated rings. The molecule has 0 heterocycles. The largest absolute Gasteiger partial charge is 0.336 e. The van der Waals surface area contributed by atoms with Gasteiger partial charge >= 0.3 is 0 Å². The summed E-state index contributed by atoms with van der Waals surface area (Å²) in [6, 6.07) is 0.306. The van der Waals surface area contributed by atoms with Gasteiger partial charge in [0.15, 0.2) is 0 Å². The molecule has 0 spiro atoms. The topological polar surface area (TPSA) is 20.3 Å². The summed E-state index contributed by atoms with van der Waals surface area (Å²) < 4.78 is 0. The maximum Gasteiger partial charge on any atom is 0.226 e. The van der Waals surface area contributed by atoms with Gasteiger partial charge in [-0.15, -0.1) is 0 Å². The Labute approximate surface area is 123 Å². The summed E-state index contributed by atoms with van der Waals surface area (Å²) in [5, 5.41) is 0. The van der Waals surface area contributed by atoms with E-state index in [0.717, 1.165) is 19.4 Å². The fourth-order valence-corrected chi connectivity index (χ4v) is 2.91. The quantitative estimate of drug-likeness (QED) is 0.684. The summed E-state index contributed by atoms with van der Waals surface area (Å²) in [5.74, 6) is 1.37. The van der Waals surface area contributed by atoms with Gasteiger partial charge in [-0.3, -0.25) is 4.79 Å². The molecule has 0 saturated heterocycles. The first-order valence-electron chi connectivity index (χ1n) is 8.11. The van der Waals surface area contributed by atoms with Crippen LogP contribution in [0.2, 0.25) is 0 Å².